The number of aromatic nitrogens is 1. The molecular weight excluding hydrogens is 204 g/mol. The Kier molecular flexibility index (Phi) is 5.22. The summed E-state index contributed by atoms with van der Waals surface area (Å²) >= 11 is 0. The van der Waals surface area contributed by atoms with Gasteiger partial charge in [-0.25, -0.2) is 0 Å². The van der Waals surface area contributed by atoms with Crippen LogP contribution >= 0.6 is 0 Å². The SMILES string of the molecule is CC(C)OCCN(C)c1ccncc1CO. The van der Waals surface area contributed by atoms with Crippen LogP contribution in [0.3, 0.4) is 0 Å². The molecule has 0 saturated heterocycles. The fourth-order valence-corrected chi connectivity index (χ4v) is 1.46. The average Bonchev–Trinajstić information content (AvgIpc) is 2.28. The molecule has 0 aliphatic carbocycles. The predicted octanol–water partition coefficient (Wildman–Crippen LogP) is 1.44. The van der Waals surface area contributed by atoms with E-state index in [1.165, 1.54) is 0 Å². The van der Waals surface area contributed by atoms with E-state index in [0.29, 0.717) is 6.61 Å². The van der Waals surface area contributed by atoms with Crippen molar-refractivity contribution < 1.29 is 9.84 Å². The molecule has 90 valence electrons. The van der Waals surface area contributed by atoms with E-state index in [9.17, 15) is 5.11 Å². The van der Waals surface area contributed by atoms with Gasteiger partial charge in [-0.15, -0.1) is 0 Å². The monoisotopic (exact) mass is 224 g/mol. The highest BCUT2D eigenvalue weighted by Crippen LogP contribution is 2.17. The van der Waals surface area contributed by atoms with Crippen molar-refractivity contribution in [3.8, 4) is 0 Å². The molecule has 0 aliphatic heterocycles. The largest absolute Gasteiger partial charge is 0.392 e. The van der Waals surface area contributed by atoms with Gasteiger partial charge in [-0.3, -0.25) is 4.98 Å². The molecule has 0 aromatic carbocycles. The molecule has 4 nitrogen and oxygen atoms in total. The third kappa shape index (κ3) is 3.79. The van der Waals surface area contributed by atoms with E-state index in [4.69, 9.17) is 4.74 Å². The van der Waals surface area contributed by atoms with Gasteiger partial charge < -0.3 is 14.7 Å². The molecule has 1 N–H and O–H groups in total. The Labute approximate surface area is 96.9 Å². The van der Waals surface area contributed by atoms with Crippen LogP contribution in [-0.4, -0.2) is 36.4 Å². The number of hydrogen-bond acceptors (Lipinski definition) is 4. The van der Waals surface area contributed by atoms with Crippen molar-refractivity contribution >= 4 is 5.69 Å². The minimum atomic E-state index is 0.0125. The Morgan fingerprint density at radius 1 is 1.50 bits per heavy atom. The van der Waals surface area contributed by atoms with Gasteiger partial charge in [0.1, 0.15) is 0 Å². The second-order valence-corrected chi connectivity index (χ2v) is 4.00. The third-order valence-corrected chi connectivity index (χ3v) is 2.34. The van der Waals surface area contributed by atoms with Gasteiger partial charge in [0.2, 0.25) is 0 Å². The first kappa shape index (κ1) is 12.9. The van der Waals surface area contributed by atoms with Crippen molar-refractivity contribution in [3.63, 3.8) is 0 Å². The number of aliphatic hydroxyl groups is 1. The summed E-state index contributed by atoms with van der Waals surface area (Å²) in [6.45, 7) is 5.53. The van der Waals surface area contributed by atoms with Gasteiger partial charge in [0.05, 0.1) is 19.3 Å². The Hall–Kier alpha value is -1.13. The lowest BCUT2D eigenvalue weighted by atomic mass is 10.2. The minimum Gasteiger partial charge on any atom is -0.392 e. The van der Waals surface area contributed by atoms with Gasteiger partial charge >= 0.3 is 0 Å². The van der Waals surface area contributed by atoms with Crippen molar-refractivity contribution in [1.29, 1.82) is 0 Å². The second kappa shape index (κ2) is 6.45. The normalized spacial score (nSPS) is 10.8. The highest BCUT2D eigenvalue weighted by atomic mass is 16.5. The van der Waals surface area contributed by atoms with Crippen LogP contribution in [0.2, 0.25) is 0 Å². The second-order valence-electron chi connectivity index (χ2n) is 4.00. The first-order valence-electron chi connectivity index (χ1n) is 5.51. The summed E-state index contributed by atoms with van der Waals surface area (Å²) in [5.74, 6) is 0. The number of nitrogens with zero attached hydrogens (tertiary/aromatic N) is 2. The topological polar surface area (TPSA) is 45.6 Å². The number of aliphatic hydroxyl groups excluding tert-OH is 1. The summed E-state index contributed by atoms with van der Waals surface area (Å²) in [5, 5.41) is 9.18. The maximum absolute atomic E-state index is 9.18. The summed E-state index contributed by atoms with van der Waals surface area (Å²) in [6, 6.07) is 1.90. The highest BCUT2D eigenvalue weighted by molar-refractivity contribution is 5.51. The van der Waals surface area contributed by atoms with Crippen LogP contribution in [0.5, 0.6) is 0 Å². The van der Waals surface area contributed by atoms with Gasteiger partial charge in [-0.2, -0.15) is 0 Å². The number of pyridine rings is 1. The standard InChI is InChI=1S/C12H20N2O2/c1-10(2)16-7-6-14(3)12-4-5-13-8-11(12)9-15/h4-5,8,10,15H,6-7,9H2,1-3H3. The lowest BCUT2D eigenvalue weighted by Crippen LogP contribution is -2.25. The van der Waals surface area contributed by atoms with Crippen LogP contribution < -0.4 is 4.90 Å². The zero-order valence-corrected chi connectivity index (χ0v) is 10.2. The van der Waals surface area contributed by atoms with Gasteiger partial charge in [0, 0.05) is 37.2 Å². The Morgan fingerprint density at radius 2 is 2.25 bits per heavy atom. The fraction of sp³-hybridized carbons (Fsp3) is 0.583. The van der Waals surface area contributed by atoms with Crippen molar-refractivity contribution in [2.24, 2.45) is 0 Å². The van der Waals surface area contributed by atoms with Crippen LogP contribution in [0.4, 0.5) is 5.69 Å². The van der Waals surface area contributed by atoms with Crippen LogP contribution in [-0.2, 0) is 11.3 Å². The first-order valence-corrected chi connectivity index (χ1v) is 5.51. The molecule has 0 fully saturated rings. The van der Waals surface area contributed by atoms with E-state index < -0.39 is 0 Å². The Bertz CT molecular complexity index is 316. The maximum atomic E-state index is 9.18. The molecule has 0 atom stereocenters. The third-order valence-electron chi connectivity index (χ3n) is 2.34. The molecule has 0 aliphatic rings. The fourth-order valence-electron chi connectivity index (χ4n) is 1.46. The molecule has 1 aromatic heterocycles. The Balaban J connectivity index is 2.55. The van der Waals surface area contributed by atoms with Crippen molar-refractivity contribution in [3.05, 3.63) is 24.0 Å². The minimum absolute atomic E-state index is 0.0125. The summed E-state index contributed by atoms with van der Waals surface area (Å²) < 4.78 is 5.49. The number of likely N-dealkylation sites (N-methyl/N-ethyl adjacent to an activating group) is 1. The van der Waals surface area contributed by atoms with E-state index in [2.05, 4.69) is 9.88 Å². The van der Waals surface area contributed by atoms with Gasteiger partial charge in [0.25, 0.3) is 0 Å². The quantitative estimate of drug-likeness (QED) is 0.794. The smallest absolute Gasteiger partial charge is 0.0717 e. The molecule has 0 unspecified atom stereocenters. The van der Waals surface area contributed by atoms with E-state index in [0.717, 1.165) is 17.8 Å². The predicted molar refractivity (Wildman–Crippen MR) is 64.5 cm³/mol. The van der Waals surface area contributed by atoms with Gasteiger partial charge in [0.15, 0.2) is 0 Å². The van der Waals surface area contributed by atoms with Crippen LogP contribution in [0.25, 0.3) is 0 Å². The zero-order valence-electron chi connectivity index (χ0n) is 10.2. The number of anilines is 1. The van der Waals surface area contributed by atoms with Crippen LogP contribution in [0, 0.1) is 0 Å². The molecule has 0 bridgehead atoms. The average molecular weight is 224 g/mol. The Morgan fingerprint density at radius 3 is 2.88 bits per heavy atom. The first-order chi connectivity index (χ1) is 7.65. The van der Waals surface area contributed by atoms with Crippen molar-refractivity contribution in [2.75, 3.05) is 25.1 Å². The lowest BCUT2D eigenvalue weighted by molar-refractivity contribution is 0.0845. The molecule has 0 spiro atoms. The van der Waals surface area contributed by atoms with Crippen LogP contribution in [0.1, 0.15) is 19.4 Å². The summed E-state index contributed by atoms with van der Waals surface area (Å²) in [6.07, 6.45) is 3.67. The number of hydrogen-bond donors (Lipinski definition) is 1. The maximum Gasteiger partial charge on any atom is 0.0717 e. The molecule has 16 heavy (non-hydrogen) atoms. The molecular formula is C12H20N2O2. The summed E-state index contributed by atoms with van der Waals surface area (Å²) in [4.78, 5) is 6.05. The zero-order chi connectivity index (χ0) is 12.0. The van der Waals surface area contributed by atoms with Crippen molar-refractivity contribution in [2.45, 2.75) is 26.6 Å². The summed E-state index contributed by atoms with van der Waals surface area (Å²) in [7, 11) is 1.98. The molecule has 1 heterocycles. The summed E-state index contributed by atoms with van der Waals surface area (Å²) in [5.41, 5.74) is 1.85. The molecule has 0 radical (unpaired) electrons. The van der Waals surface area contributed by atoms with Gasteiger partial charge in [-0.05, 0) is 19.9 Å². The van der Waals surface area contributed by atoms with E-state index >= 15 is 0 Å². The number of ether oxygens (including phenoxy) is 1. The van der Waals surface area contributed by atoms with Crippen molar-refractivity contribution in [1.82, 2.24) is 4.98 Å². The highest BCUT2D eigenvalue weighted by Gasteiger charge is 2.06. The van der Waals surface area contributed by atoms with Gasteiger partial charge in [-0.1, -0.05) is 0 Å². The number of rotatable bonds is 6. The molecule has 4 heteroatoms. The van der Waals surface area contributed by atoms with E-state index in [-0.39, 0.29) is 12.7 Å². The molecule has 1 aromatic rings. The van der Waals surface area contributed by atoms with E-state index in [1.54, 1.807) is 12.4 Å². The lowest BCUT2D eigenvalue weighted by Gasteiger charge is -2.22. The van der Waals surface area contributed by atoms with Crippen LogP contribution in [0.15, 0.2) is 18.5 Å². The van der Waals surface area contributed by atoms with E-state index in [1.807, 2.05) is 27.0 Å². The molecule has 0 amide bonds. The molecule has 1 rings (SSSR count). The molecule has 0 saturated carbocycles.